The summed E-state index contributed by atoms with van der Waals surface area (Å²) in [6, 6.07) is 9.26. The molecule has 0 aliphatic rings. The van der Waals surface area contributed by atoms with Crippen molar-refractivity contribution >= 4 is 13.2 Å². The molecule has 0 bridgehead atoms. The van der Waals surface area contributed by atoms with E-state index in [1.54, 1.807) is 18.2 Å². The lowest BCUT2D eigenvalue weighted by molar-refractivity contribution is 0.101. The van der Waals surface area contributed by atoms with Gasteiger partial charge >= 0.3 is 0 Å². The summed E-state index contributed by atoms with van der Waals surface area (Å²) >= 11 is 0. The fourth-order valence-corrected chi connectivity index (χ4v) is 3.89. The van der Waals surface area contributed by atoms with Crippen LogP contribution in [0.2, 0.25) is 0 Å². The zero-order valence-electron chi connectivity index (χ0n) is 16.0. The van der Waals surface area contributed by atoms with Crippen molar-refractivity contribution in [2.75, 3.05) is 12.8 Å². The van der Waals surface area contributed by atoms with Gasteiger partial charge in [0.2, 0.25) is 7.37 Å². The van der Waals surface area contributed by atoms with Gasteiger partial charge in [-0.05, 0) is 72.2 Å². The van der Waals surface area contributed by atoms with Crippen LogP contribution in [0.1, 0.15) is 57.9 Å². The minimum atomic E-state index is -3.38. The number of hydrogen-bond donors (Lipinski definition) is 2. The third-order valence-electron chi connectivity index (χ3n) is 4.55. The first-order valence-electron chi connectivity index (χ1n) is 8.72. The van der Waals surface area contributed by atoms with Crippen LogP contribution in [0.5, 0.6) is 5.75 Å². The van der Waals surface area contributed by atoms with E-state index in [0.29, 0.717) is 17.7 Å². The van der Waals surface area contributed by atoms with Crippen LogP contribution < -0.4 is 0 Å². The summed E-state index contributed by atoms with van der Waals surface area (Å²) in [6.07, 6.45) is 0.374. The van der Waals surface area contributed by atoms with E-state index in [1.807, 2.05) is 39.8 Å². The Labute approximate surface area is 155 Å². The Balaban J connectivity index is 2.33. The average molecular weight is 374 g/mol. The summed E-state index contributed by atoms with van der Waals surface area (Å²) in [5.74, 6) is 0.245. The van der Waals surface area contributed by atoms with Crippen molar-refractivity contribution in [1.29, 1.82) is 0 Å². The highest BCUT2D eigenvalue weighted by atomic mass is 31.2. The molecule has 1 unspecified atom stereocenters. The van der Waals surface area contributed by atoms with Gasteiger partial charge in [0.1, 0.15) is 5.75 Å². The molecular formula is C21H27O4P. The van der Waals surface area contributed by atoms with Gasteiger partial charge in [0.05, 0.1) is 6.16 Å². The molecule has 26 heavy (non-hydrogen) atoms. The summed E-state index contributed by atoms with van der Waals surface area (Å²) in [7, 11) is -3.38. The maximum atomic E-state index is 12.2. The van der Waals surface area contributed by atoms with Crippen molar-refractivity contribution in [1.82, 2.24) is 0 Å². The molecule has 4 nitrogen and oxygen atoms in total. The molecule has 0 spiro atoms. The van der Waals surface area contributed by atoms with E-state index in [9.17, 15) is 19.4 Å². The number of hydrogen-bond acceptors (Lipinski definition) is 3. The minimum Gasteiger partial charge on any atom is -0.508 e. The molecule has 0 aliphatic heterocycles. The van der Waals surface area contributed by atoms with Gasteiger partial charge in [-0.1, -0.05) is 26.0 Å². The van der Waals surface area contributed by atoms with E-state index in [-0.39, 0.29) is 17.9 Å². The predicted octanol–water partition coefficient (Wildman–Crippen LogP) is 4.81. The third-order valence-corrected chi connectivity index (χ3v) is 5.42. The normalized spacial score (nSPS) is 13.7. The molecule has 2 aromatic rings. The van der Waals surface area contributed by atoms with Gasteiger partial charge in [-0.3, -0.25) is 9.36 Å². The number of carbonyl (C=O) groups is 1. The summed E-state index contributed by atoms with van der Waals surface area (Å²) in [4.78, 5) is 21.7. The Kier molecular flexibility index (Phi) is 6.10. The highest BCUT2D eigenvalue weighted by Crippen LogP contribution is 2.36. The van der Waals surface area contributed by atoms with Gasteiger partial charge in [0.15, 0.2) is 5.78 Å². The minimum absolute atomic E-state index is 0.236. The lowest BCUT2D eigenvalue weighted by atomic mass is 9.91. The average Bonchev–Trinajstić information content (AvgIpc) is 2.50. The van der Waals surface area contributed by atoms with Crippen LogP contribution in [0.15, 0.2) is 30.3 Å². The van der Waals surface area contributed by atoms with Crippen LogP contribution in [0, 0.1) is 13.8 Å². The Morgan fingerprint density at radius 3 is 2.19 bits per heavy atom. The highest BCUT2D eigenvalue weighted by Gasteiger charge is 2.19. The lowest BCUT2D eigenvalue weighted by Crippen LogP contribution is -2.08. The van der Waals surface area contributed by atoms with Gasteiger partial charge in [0.25, 0.3) is 0 Å². The van der Waals surface area contributed by atoms with Crippen LogP contribution in [0.4, 0.5) is 0 Å². The van der Waals surface area contributed by atoms with E-state index in [0.717, 1.165) is 27.8 Å². The molecular weight excluding hydrogens is 347 g/mol. The van der Waals surface area contributed by atoms with Gasteiger partial charge < -0.3 is 10.00 Å². The van der Waals surface area contributed by atoms with Crippen molar-refractivity contribution < 1.29 is 19.4 Å². The molecule has 2 aromatic carbocycles. The zero-order chi connectivity index (χ0) is 19.6. The first-order chi connectivity index (χ1) is 12.0. The van der Waals surface area contributed by atoms with E-state index >= 15 is 0 Å². The highest BCUT2D eigenvalue weighted by molar-refractivity contribution is 7.58. The second kappa shape index (κ2) is 7.77. The fourth-order valence-electron chi connectivity index (χ4n) is 3.17. The molecule has 140 valence electrons. The molecule has 0 saturated heterocycles. The number of phenols is 1. The van der Waals surface area contributed by atoms with Crippen molar-refractivity contribution in [3.8, 4) is 5.75 Å². The molecule has 0 saturated carbocycles. The first-order valence-corrected chi connectivity index (χ1v) is 11.0. The van der Waals surface area contributed by atoms with Gasteiger partial charge in [0, 0.05) is 12.2 Å². The van der Waals surface area contributed by atoms with Crippen LogP contribution >= 0.6 is 7.37 Å². The fraction of sp³-hybridized carbons (Fsp3) is 0.381. The lowest BCUT2D eigenvalue weighted by Gasteiger charge is -2.15. The summed E-state index contributed by atoms with van der Waals surface area (Å²) in [5, 5.41) is 9.99. The number of carbonyl (C=O) groups excluding carboxylic acids is 1. The zero-order valence-corrected chi connectivity index (χ0v) is 16.9. The molecule has 0 radical (unpaired) electrons. The molecule has 1 atom stereocenters. The topological polar surface area (TPSA) is 74.6 Å². The number of aromatic hydroxyl groups is 1. The SMILES string of the molecule is Cc1cc(C(=O)CP(C)(=O)O)cc(C)c1Cc1ccc(O)c(C(C)C)c1. The van der Waals surface area contributed by atoms with Crippen LogP contribution in [0.3, 0.4) is 0 Å². The Morgan fingerprint density at radius 2 is 1.69 bits per heavy atom. The third kappa shape index (κ3) is 5.06. The molecule has 0 heterocycles. The smallest absolute Gasteiger partial charge is 0.205 e. The summed E-state index contributed by atoms with van der Waals surface area (Å²) < 4.78 is 11.5. The van der Waals surface area contributed by atoms with Crippen LogP contribution in [-0.4, -0.2) is 28.6 Å². The maximum Gasteiger partial charge on any atom is 0.205 e. The number of rotatable bonds is 6. The van der Waals surface area contributed by atoms with Crippen LogP contribution in [0.25, 0.3) is 0 Å². The molecule has 0 aromatic heterocycles. The van der Waals surface area contributed by atoms with Crippen molar-refractivity contribution in [2.45, 2.75) is 40.0 Å². The number of aryl methyl sites for hydroxylation is 2. The van der Waals surface area contributed by atoms with E-state index in [4.69, 9.17) is 0 Å². The van der Waals surface area contributed by atoms with Crippen molar-refractivity contribution in [3.05, 3.63) is 63.7 Å². The Bertz CT molecular complexity index is 855. The largest absolute Gasteiger partial charge is 0.508 e. The molecule has 0 amide bonds. The molecule has 5 heteroatoms. The quantitative estimate of drug-likeness (QED) is 0.562. The maximum absolute atomic E-state index is 12.2. The van der Waals surface area contributed by atoms with Crippen molar-refractivity contribution in [2.24, 2.45) is 0 Å². The summed E-state index contributed by atoms with van der Waals surface area (Å²) in [5.41, 5.74) is 5.60. The molecule has 2 N–H and O–H groups in total. The second-order valence-corrected chi connectivity index (χ2v) is 9.86. The van der Waals surface area contributed by atoms with E-state index in [1.165, 1.54) is 6.66 Å². The number of Topliss-reactive ketones (excluding diaryl/α,β-unsaturated/α-hetero) is 1. The second-order valence-electron chi connectivity index (χ2n) is 7.45. The predicted molar refractivity (Wildman–Crippen MR) is 106 cm³/mol. The number of benzene rings is 2. The Hall–Kier alpha value is -1.90. The molecule has 0 aliphatic carbocycles. The van der Waals surface area contributed by atoms with E-state index < -0.39 is 7.37 Å². The van der Waals surface area contributed by atoms with Gasteiger partial charge in [-0.15, -0.1) is 0 Å². The standard InChI is InChI=1S/C21H27O4P/c1-13(2)18-10-16(6-7-20(18)22)11-19-14(3)8-17(9-15(19)4)21(23)12-26(5,24)25/h6-10,13,22H,11-12H2,1-5H3,(H,24,25). The number of phenolic OH excluding ortho intramolecular Hbond substituents is 1. The van der Waals surface area contributed by atoms with Gasteiger partial charge in [-0.25, -0.2) is 0 Å². The number of ketones is 1. The van der Waals surface area contributed by atoms with Gasteiger partial charge in [-0.2, -0.15) is 0 Å². The monoisotopic (exact) mass is 374 g/mol. The van der Waals surface area contributed by atoms with E-state index in [2.05, 4.69) is 0 Å². The van der Waals surface area contributed by atoms with Crippen molar-refractivity contribution in [3.63, 3.8) is 0 Å². The summed E-state index contributed by atoms with van der Waals surface area (Å²) in [6.45, 7) is 9.20. The molecule has 2 rings (SSSR count). The first kappa shape index (κ1) is 20.4. The van der Waals surface area contributed by atoms with Crippen LogP contribution in [-0.2, 0) is 11.0 Å². The molecule has 0 fully saturated rings. The Morgan fingerprint density at radius 1 is 1.12 bits per heavy atom.